The summed E-state index contributed by atoms with van der Waals surface area (Å²) in [4.78, 5) is 30.8. The number of thiophene rings is 2. The zero-order valence-electron chi connectivity index (χ0n) is 21.1. The molecule has 10 heteroatoms. The number of fused-ring (bicyclic) bond motifs is 2. The van der Waals surface area contributed by atoms with Crippen LogP contribution in [0.3, 0.4) is 0 Å². The second-order valence-corrected chi connectivity index (χ2v) is 12.4. The van der Waals surface area contributed by atoms with E-state index >= 15 is 0 Å². The number of carbonyl (C=O) groups is 2. The summed E-state index contributed by atoms with van der Waals surface area (Å²) in [6.45, 7) is 8.83. The topological polar surface area (TPSA) is 84.8 Å². The number of carbonyl (C=O) groups excluding carboxylic acids is 2. The smallest absolute Gasteiger partial charge is 0.341 e. The fourth-order valence-corrected chi connectivity index (χ4v) is 7.21. The summed E-state index contributed by atoms with van der Waals surface area (Å²) in [6.07, 6.45) is 5.66. The molecule has 3 aromatic heterocycles. The maximum Gasteiger partial charge on any atom is 0.341 e. The van der Waals surface area contributed by atoms with E-state index in [1.807, 2.05) is 45.3 Å². The number of urea groups is 1. The monoisotopic (exact) mass is 528 g/mol. The Labute approximate surface area is 219 Å². The first kappa shape index (κ1) is 25.0. The van der Waals surface area contributed by atoms with Crippen LogP contribution in [-0.2, 0) is 42.0 Å². The quantitative estimate of drug-likeness (QED) is 0.459. The number of hydrogen-bond donors (Lipinski definition) is 2. The summed E-state index contributed by atoms with van der Waals surface area (Å²) < 4.78 is 13.4. The minimum atomic E-state index is -0.627. The van der Waals surface area contributed by atoms with Gasteiger partial charge in [-0.15, -0.1) is 22.7 Å². The number of hydrogen-bond acceptors (Lipinski definition) is 7. The van der Waals surface area contributed by atoms with E-state index in [9.17, 15) is 9.59 Å². The van der Waals surface area contributed by atoms with Crippen molar-refractivity contribution in [2.75, 3.05) is 25.5 Å². The standard InChI is InChI=1S/C26H32N4O4S2/c1-26(2,3)34-24(31)21-17-8-12-33-15-20(17)35-22(21)28-25(32)27-13-18-16-7-11-29(4)14-19(16)36-23(18)30-9-5-6-10-30/h5-6,9-10H,7-8,11-15H2,1-4H3,(H2,27,28,32). The van der Waals surface area contributed by atoms with Crippen molar-refractivity contribution in [2.24, 2.45) is 0 Å². The van der Waals surface area contributed by atoms with Crippen LogP contribution in [0.5, 0.6) is 0 Å². The second-order valence-electron chi connectivity index (χ2n) is 10.2. The number of amides is 2. The molecule has 2 amide bonds. The molecule has 0 unspecified atom stereocenters. The maximum atomic E-state index is 13.1. The van der Waals surface area contributed by atoms with Crippen molar-refractivity contribution in [3.63, 3.8) is 0 Å². The molecule has 36 heavy (non-hydrogen) atoms. The van der Waals surface area contributed by atoms with Crippen molar-refractivity contribution in [3.05, 3.63) is 56.5 Å². The molecule has 0 spiro atoms. The normalized spacial score (nSPS) is 15.8. The van der Waals surface area contributed by atoms with Gasteiger partial charge in [0.15, 0.2) is 0 Å². The van der Waals surface area contributed by atoms with Crippen LogP contribution in [0.15, 0.2) is 24.5 Å². The van der Waals surface area contributed by atoms with Crippen LogP contribution in [0.1, 0.15) is 57.6 Å². The molecular formula is C26H32N4O4S2. The zero-order valence-corrected chi connectivity index (χ0v) is 22.7. The van der Waals surface area contributed by atoms with Gasteiger partial charge in [0.25, 0.3) is 0 Å². The van der Waals surface area contributed by atoms with Crippen molar-refractivity contribution >= 4 is 39.7 Å². The lowest BCUT2D eigenvalue weighted by Crippen LogP contribution is -2.31. The van der Waals surface area contributed by atoms with Crippen molar-refractivity contribution in [1.82, 2.24) is 14.8 Å². The summed E-state index contributed by atoms with van der Waals surface area (Å²) in [6, 6.07) is 3.68. The lowest BCUT2D eigenvalue weighted by molar-refractivity contribution is 0.00685. The molecule has 2 aliphatic rings. The molecule has 0 fully saturated rings. The molecule has 5 heterocycles. The summed E-state index contributed by atoms with van der Waals surface area (Å²) >= 11 is 3.17. The minimum Gasteiger partial charge on any atom is -0.456 e. The Morgan fingerprint density at radius 2 is 1.89 bits per heavy atom. The van der Waals surface area contributed by atoms with Gasteiger partial charge >= 0.3 is 12.0 Å². The van der Waals surface area contributed by atoms with E-state index in [0.29, 0.717) is 36.7 Å². The van der Waals surface area contributed by atoms with Crippen LogP contribution in [0.4, 0.5) is 9.80 Å². The first-order valence-electron chi connectivity index (χ1n) is 12.2. The van der Waals surface area contributed by atoms with Gasteiger partial charge in [-0.05, 0) is 63.9 Å². The van der Waals surface area contributed by atoms with Gasteiger partial charge in [0, 0.05) is 47.3 Å². The number of likely N-dealkylation sites (N-methyl/N-ethyl adjacent to an activating group) is 1. The highest BCUT2D eigenvalue weighted by molar-refractivity contribution is 7.17. The van der Waals surface area contributed by atoms with Crippen LogP contribution in [0.2, 0.25) is 0 Å². The third-order valence-electron chi connectivity index (χ3n) is 6.25. The molecule has 0 aliphatic carbocycles. The van der Waals surface area contributed by atoms with E-state index in [1.165, 1.54) is 21.8 Å². The number of nitrogens with zero attached hydrogens (tertiary/aromatic N) is 2. The predicted octanol–water partition coefficient (Wildman–Crippen LogP) is 4.94. The van der Waals surface area contributed by atoms with Crippen molar-refractivity contribution in [3.8, 4) is 5.00 Å². The Hall–Kier alpha value is -2.66. The maximum absolute atomic E-state index is 13.1. The number of anilines is 1. The Morgan fingerprint density at radius 3 is 2.64 bits per heavy atom. The largest absolute Gasteiger partial charge is 0.456 e. The minimum absolute atomic E-state index is 0.342. The van der Waals surface area contributed by atoms with E-state index in [-0.39, 0.29) is 6.03 Å². The highest BCUT2D eigenvalue weighted by Gasteiger charge is 2.30. The van der Waals surface area contributed by atoms with Crippen LogP contribution in [0, 0.1) is 0 Å². The fraction of sp³-hybridized carbons (Fsp3) is 0.462. The Balaban J connectivity index is 1.36. The van der Waals surface area contributed by atoms with E-state index in [4.69, 9.17) is 9.47 Å². The Morgan fingerprint density at radius 1 is 1.11 bits per heavy atom. The number of ether oxygens (including phenoxy) is 2. The highest BCUT2D eigenvalue weighted by Crippen LogP contribution is 2.38. The summed E-state index contributed by atoms with van der Waals surface area (Å²) in [5, 5.41) is 7.63. The van der Waals surface area contributed by atoms with Crippen LogP contribution in [-0.4, -0.2) is 47.3 Å². The molecular weight excluding hydrogens is 496 g/mol. The number of nitrogens with one attached hydrogen (secondary N) is 2. The van der Waals surface area contributed by atoms with Gasteiger partial charge in [0.1, 0.15) is 15.6 Å². The van der Waals surface area contributed by atoms with Gasteiger partial charge < -0.3 is 24.3 Å². The second kappa shape index (κ2) is 10.0. The van der Waals surface area contributed by atoms with Gasteiger partial charge in [-0.2, -0.15) is 0 Å². The Kier molecular flexibility index (Phi) is 6.95. The molecule has 5 rings (SSSR count). The molecule has 0 saturated carbocycles. The predicted molar refractivity (Wildman–Crippen MR) is 142 cm³/mol. The molecule has 0 radical (unpaired) electrons. The van der Waals surface area contributed by atoms with E-state index in [2.05, 4.69) is 27.1 Å². The van der Waals surface area contributed by atoms with Crippen molar-refractivity contribution < 1.29 is 19.1 Å². The summed E-state index contributed by atoms with van der Waals surface area (Å²) in [5.74, 6) is -0.414. The number of esters is 1. The average Bonchev–Trinajstić information content (AvgIpc) is 3.53. The highest BCUT2D eigenvalue weighted by atomic mass is 32.1. The first-order chi connectivity index (χ1) is 17.2. The van der Waals surface area contributed by atoms with Crippen LogP contribution < -0.4 is 10.6 Å². The Bertz CT molecular complexity index is 1270. The lowest BCUT2D eigenvalue weighted by Gasteiger charge is -2.23. The molecule has 192 valence electrons. The molecule has 2 N–H and O–H groups in total. The molecule has 0 bridgehead atoms. The van der Waals surface area contributed by atoms with E-state index < -0.39 is 11.6 Å². The fourth-order valence-electron chi connectivity index (χ4n) is 4.62. The van der Waals surface area contributed by atoms with Gasteiger partial charge in [0.05, 0.1) is 18.8 Å². The van der Waals surface area contributed by atoms with Gasteiger partial charge in [-0.25, -0.2) is 9.59 Å². The summed E-state index contributed by atoms with van der Waals surface area (Å²) in [7, 11) is 2.14. The van der Waals surface area contributed by atoms with Gasteiger partial charge in [-0.1, -0.05) is 0 Å². The number of aromatic nitrogens is 1. The average molecular weight is 529 g/mol. The van der Waals surface area contributed by atoms with Gasteiger partial charge in [0.2, 0.25) is 0 Å². The van der Waals surface area contributed by atoms with E-state index in [0.717, 1.165) is 40.5 Å². The molecule has 0 atom stereocenters. The lowest BCUT2D eigenvalue weighted by atomic mass is 10.0. The molecule has 3 aromatic rings. The third kappa shape index (κ3) is 5.22. The van der Waals surface area contributed by atoms with Crippen molar-refractivity contribution in [1.29, 1.82) is 0 Å². The zero-order chi connectivity index (χ0) is 25.4. The first-order valence-corrected chi connectivity index (χ1v) is 13.8. The number of rotatable bonds is 5. The molecule has 0 saturated heterocycles. The third-order valence-corrected chi connectivity index (χ3v) is 8.64. The van der Waals surface area contributed by atoms with Crippen LogP contribution in [0.25, 0.3) is 5.00 Å². The summed E-state index contributed by atoms with van der Waals surface area (Å²) in [5.41, 5.74) is 3.23. The van der Waals surface area contributed by atoms with Gasteiger partial charge in [-0.3, -0.25) is 5.32 Å². The van der Waals surface area contributed by atoms with Crippen LogP contribution >= 0.6 is 22.7 Å². The molecule has 0 aromatic carbocycles. The molecule has 2 aliphatic heterocycles. The van der Waals surface area contributed by atoms with Crippen molar-refractivity contribution in [2.45, 2.75) is 58.9 Å². The molecule has 8 nitrogen and oxygen atoms in total. The SMILES string of the molecule is CN1CCc2c(sc(-n3cccc3)c2CNC(=O)Nc2sc3c(c2C(=O)OC(C)(C)C)CCOC3)C1. The van der Waals surface area contributed by atoms with E-state index in [1.54, 1.807) is 11.3 Å².